The van der Waals surface area contributed by atoms with Crippen LogP contribution in [0.5, 0.6) is 0 Å². The molecule has 0 fully saturated rings. The summed E-state index contributed by atoms with van der Waals surface area (Å²) in [6.45, 7) is 7.93. The maximum atomic E-state index is 13.4. The number of hydrogen-bond acceptors (Lipinski definition) is 4. The Balaban J connectivity index is 1.35. The van der Waals surface area contributed by atoms with Gasteiger partial charge in [0.1, 0.15) is 0 Å². The number of aryl methyl sites for hydroxylation is 3. The molecule has 0 aromatic carbocycles. The predicted octanol–water partition coefficient (Wildman–Crippen LogP) is 4.16. The number of nitrogens with zero attached hydrogens (tertiary/aromatic N) is 6. The van der Waals surface area contributed by atoms with E-state index in [1.54, 1.807) is 9.36 Å². The molecule has 178 valence electrons. The zero-order chi connectivity index (χ0) is 23.6. The van der Waals surface area contributed by atoms with Crippen LogP contribution < -0.4 is 11.1 Å². The summed E-state index contributed by atoms with van der Waals surface area (Å²) in [5.41, 5.74) is 3.34. The third kappa shape index (κ3) is 3.18. The van der Waals surface area contributed by atoms with Gasteiger partial charge in [0.05, 0.1) is 40.8 Å². The largest absolute Gasteiger partial charge is 0.350 e. The second-order valence-corrected chi connectivity index (χ2v) is 10.4. The van der Waals surface area contributed by atoms with Crippen LogP contribution in [0.2, 0.25) is 0 Å². The van der Waals surface area contributed by atoms with Crippen molar-refractivity contribution >= 4 is 21.7 Å². The van der Waals surface area contributed by atoms with Gasteiger partial charge in [-0.2, -0.15) is 10.2 Å². The summed E-state index contributed by atoms with van der Waals surface area (Å²) < 4.78 is 7.73. The van der Waals surface area contributed by atoms with E-state index in [9.17, 15) is 9.59 Å². The highest BCUT2D eigenvalue weighted by atomic mass is 16.1. The van der Waals surface area contributed by atoms with Gasteiger partial charge in [0.15, 0.2) is 0 Å². The van der Waals surface area contributed by atoms with Crippen molar-refractivity contribution in [3.63, 3.8) is 0 Å². The SMILES string of the molecule is CC(C)n1ncc2c(cc3n2CCCC3CC(C)n2ncc3c4n(cc3c2=O)CCCC4)c1=O. The molecule has 0 saturated carbocycles. The fourth-order valence-electron chi connectivity index (χ4n) is 6.13. The molecule has 8 nitrogen and oxygen atoms in total. The van der Waals surface area contributed by atoms with Crippen LogP contribution in [0.15, 0.2) is 34.2 Å². The van der Waals surface area contributed by atoms with Crippen molar-refractivity contribution in [3.05, 3.63) is 56.8 Å². The van der Waals surface area contributed by atoms with Gasteiger partial charge < -0.3 is 9.13 Å². The predicted molar refractivity (Wildman–Crippen MR) is 133 cm³/mol. The number of aromatic nitrogens is 6. The molecule has 6 rings (SSSR count). The molecule has 4 aromatic rings. The van der Waals surface area contributed by atoms with Gasteiger partial charge in [-0.3, -0.25) is 9.59 Å². The molecular formula is C26H32N6O2. The molecule has 0 N–H and O–H groups in total. The number of fused-ring (bicyclic) bond motifs is 6. The van der Waals surface area contributed by atoms with E-state index in [2.05, 4.69) is 32.3 Å². The minimum atomic E-state index is -0.0335. The molecular weight excluding hydrogens is 428 g/mol. The first kappa shape index (κ1) is 21.4. The van der Waals surface area contributed by atoms with Gasteiger partial charge in [0, 0.05) is 42.0 Å². The summed E-state index contributed by atoms with van der Waals surface area (Å²) in [5.74, 6) is 0.273. The van der Waals surface area contributed by atoms with Crippen molar-refractivity contribution in [2.75, 3.05) is 0 Å². The van der Waals surface area contributed by atoms with Crippen LogP contribution in [0.3, 0.4) is 0 Å². The first-order valence-corrected chi connectivity index (χ1v) is 12.6. The third-order valence-electron chi connectivity index (χ3n) is 7.84. The second kappa shape index (κ2) is 7.96. The van der Waals surface area contributed by atoms with E-state index >= 15 is 0 Å². The molecule has 2 aliphatic heterocycles. The molecule has 8 heteroatoms. The normalized spacial score (nSPS) is 19.0. The van der Waals surface area contributed by atoms with Crippen LogP contribution in [0.25, 0.3) is 21.7 Å². The summed E-state index contributed by atoms with van der Waals surface area (Å²) in [5, 5.41) is 11.6. The van der Waals surface area contributed by atoms with Crippen LogP contribution in [0.4, 0.5) is 0 Å². The van der Waals surface area contributed by atoms with Crippen molar-refractivity contribution in [2.45, 2.75) is 90.4 Å². The fourth-order valence-corrected chi connectivity index (χ4v) is 6.13. The van der Waals surface area contributed by atoms with Crippen molar-refractivity contribution in [2.24, 2.45) is 0 Å². The average Bonchev–Trinajstić information content (AvgIpc) is 3.40. The van der Waals surface area contributed by atoms with Gasteiger partial charge >= 0.3 is 0 Å². The average molecular weight is 461 g/mol. The van der Waals surface area contributed by atoms with E-state index < -0.39 is 0 Å². The molecule has 2 atom stereocenters. The highest BCUT2D eigenvalue weighted by Gasteiger charge is 2.27. The Hall–Kier alpha value is -3.16. The molecule has 0 aliphatic carbocycles. The molecule has 34 heavy (non-hydrogen) atoms. The van der Waals surface area contributed by atoms with Gasteiger partial charge in [-0.15, -0.1) is 0 Å². The Kier molecular flexibility index (Phi) is 5.00. The standard InChI is InChI=1S/C26H32N6O2/c1-16(2)31-25(33)19-12-23-18(7-6-10-30(23)24(19)14-28-31)11-17(3)32-26(34)21-15-29-9-5-4-8-22(29)20(21)13-27-32/h12-18H,4-11H2,1-3H3. The molecule has 4 aromatic heterocycles. The first-order chi connectivity index (χ1) is 16.4. The molecule has 0 amide bonds. The van der Waals surface area contributed by atoms with Crippen LogP contribution in [0, 0.1) is 0 Å². The van der Waals surface area contributed by atoms with E-state index in [0.717, 1.165) is 60.4 Å². The van der Waals surface area contributed by atoms with Crippen LogP contribution in [-0.2, 0) is 19.5 Å². The van der Waals surface area contributed by atoms with E-state index in [-0.39, 0.29) is 29.1 Å². The van der Waals surface area contributed by atoms with Crippen molar-refractivity contribution in [3.8, 4) is 0 Å². The minimum absolute atomic E-state index is 0.00673. The second-order valence-electron chi connectivity index (χ2n) is 10.4. The molecule has 0 saturated heterocycles. The van der Waals surface area contributed by atoms with E-state index in [0.29, 0.717) is 0 Å². The quantitative estimate of drug-likeness (QED) is 0.458. The van der Waals surface area contributed by atoms with Crippen molar-refractivity contribution in [1.29, 1.82) is 0 Å². The smallest absolute Gasteiger partial charge is 0.276 e. The Morgan fingerprint density at radius 3 is 2.56 bits per heavy atom. The van der Waals surface area contributed by atoms with Gasteiger partial charge in [-0.05, 0) is 65.4 Å². The summed E-state index contributed by atoms with van der Waals surface area (Å²) in [4.78, 5) is 26.4. The summed E-state index contributed by atoms with van der Waals surface area (Å²) in [6.07, 6.45) is 12.0. The molecule has 2 unspecified atom stereocenters. The highest BCUT2D eigenvalue weighted by Crippen LogP contribution is 2.37. The molecule has 2 aliphatic rings. The maximum absolute atomic E-state index is 13.4. The lowest BCUT2D eigenvalue weighted by Crippen LogP contribution is -2.27. The zero-order valence-electron chi connectivity index (χ0n) is 20.2. The lowest BCUT2D eigenvalue weighted by molar-refractivity contribution is 0.357. The topological polar surface area (TPSA) is 79.6 Å². The Bertz CT molecular complexity index is 1520. The minimum Gasteiger partial charge on any atom is -0.350 e. The Morgan fingerprint density at radius 2 is 1.74 bits per heavy atom. The van der Waals surface area contributed by atoms with Crippen molar-refractivity contribution < 1.29 is 0 Å². The summed E-state index contributed by atoms with van der Waals surface area (Å²) in [6, 6.07) is 2.06. The molecule has 0 bridgehead atoms. The van der Waals surface area contributed by atoms with Crippen LogP contribution >= 0.6 is 0 Å². The first-order valence-electron chi connectivity index (χ1n) is 12.6. The van der Waals surface area contributed by atoms with Gasteiger partial charge in [-0.1, -0.05) is 0 Å². The van der Waals surface area contributed by atoms with Crippen LogP contribution in [0.1, 0.15) is 82.3 Å². The summed E-state index contributed by atoms with van der Waals surface area (Å²) in [7, 11) is 0. The van der Waals surface area contributed by atoms with Gasteiger partial charge in [0.25, 0.3) is 11.1 Å². The lowest BCUT2D eigenvalue weighted by Gasteiger charge is -2.27. The molecule has 0 radical (unpaired) electrons. The Labute approximate surface area is 197 Å². The van der Waals surface area contributed by atoms with Gasteiger partial charge in [0.2, 0.25) is 0 Å². The number of hydrogen-bond donors (Lipinski definition) is 0. The lowest BCUT2D eigenvalue weighted by atomic mass is 9.90. The molecule has 6 heterocycles. The summed E-state index contributed by atoms with van der Waals surface area (Å²) >= 11 is 0. The third-order valence-corrected chi connectivity index (χ3v) is 7.84. The molecule has 0 spiro atoms. The highest BCUT2D eigenvalue weighted by molar-refractivity contribution is 5.84. The van der Waals surface area contributed by atoms with E-state index in [1.807, 2.05) is 32.4 Å². The Morgan fingerprint density at radius 1 is 0.941 bits per heavy atom. The van der Waals surface area contributed by atoms with Crippen molar-refractivity contribution in [1.82, 2.24) is 28.7 Å². The zero-order valence-corrected chi connectivity index (χ0v) is 20.2. The van der Waals surface area contributed by atoms with Crippen LogP contribution in [-0.4, -0.2) is 28.7 Å². The maximum Gasteiger partial charge on any atom is 0.276 e. The fraction of sp³-hybridized carbons (Fsp3) is 0.538. The van der Waals surface area contributed by atoms with E-state index in [4.69, 9.17) is 0 Å². The van der Waals surface area contributed by atoms with Gasteiger partial charge in [-0.25, -0.2) is 9.36 Å². The van der Waals surface area contributed by atoms with E-state index in [1.165, 1.54) is 24.2 Å². The number of rotatable bonds is 4. The monoisotopic (exact) mass is 460 g/mol.